The van der Waals surface area contributed by atoms with E-state index in [-0.39, 0.29) is 11.6 Å². The molecule has 2 aromatic rings. The molecule has 0 saturated carbocycles. The number of pyridine rings is 1. The quantitative estimate of drug-likeness (QED) is 0.720. The number of carbonyl (C=O) groups is 2. The first-order valence-electron chi connectivity index (χ1n) is 5.46. The molecule has 88 valence electrons. The van der Waals surface area contributed by atoms with Gasteiger partial charge in [-0.25, -0.2) is 4.39 Å². The van der Waals surface area contributed by atoms with E-state index < -0.39 is 11.7 Å². The van der Waals surface area contributed by atoms with Crippen molar-refractivity contribution in [2.45, 2.75) is 5.92 Å². The van der Waals surface area contributed by atoms with Crippen molar-refractivity contribution < 1.29 is 14.0 Å². The molecule has 1 aliphatic carbocycles. The van der Waals surface area contributed by atoms with E-state index in [4.69, 9.17) is 0 Å². The Labute approximate surface area is 102 Å². The molecule has 0 radical (unpaired) electrons. The van der Waals surface area contributed by atoms with Crippen molar-refractivity contribution in [1.29, 1.82) is 0 Å². The maximum Gasteiger partial charge on any atom is 0.178 e. The molecular formula is C14H8FNO2. The molecule has 18 heavy (non-hydrogen) atoms. The predicted octanol–water partition coefficient (Wildman–Crippen LogP) is 2.38. The van der Waals surface area contributed by atoms with Crippen molar-refractivity contribution >= 4 is 11.6 Å². The van der Waals surface area contributed by atoms with Gasteiger partial charge in [-0.2, -0.15) is 0 Å². The van der Waals surface area contributed by atoms with Crippen LogP contribution >= 0.6 is 0 Å². The van der Waals surface area contributed by atoms with Gasteiger partial charge in [0.15, 0.2) is 11.6 Å². The van der Waals surface area contributed by atoms with Gasteiger partial charge in [-0.15, -0.1) is 0 Å². The fourth-order valence-electron chi connectivity index (χ4n) is 2.23. The second-order valence-electron chi connectivity index (χ2n) is 4.14. The zero-order valence-electron chi connectivity index (χ0n) is 9.26. The summed E-state index contributed by atoms with van der Waals surface area (Å²) in [5.41, 5.74) is 1.11. The van der Waals surface area contributed by atoms with Gasteiger partial charge in [0, 0.05) is 17.3 Å². The van der Waals surface area contributed by atoms with Crippen LogP contribution in [0.15, 0.2) is 42.7 Å². The summed E-state index contributed by atoms with van der Waals surface area (Å²) in [6, 6.07) is 7.82. The first-order chi connectivity index (χ1) is 8.68. The number of rotatable bonds is 1. The third kappa shape index (κ3) is 1.46. The molecule has 0 fully saturated rings. The Morgan fingerprint density at radius 3 is 2.17 bits per heavy atom. The molecule has 4 heteroatoms. The average Bonchev–Trinajstić information content (AvgIpc) is 2.63. The van der Waals surface area contributed by atoms with Crippen LogP contribution in [-0.2, 0) is 0 Å². The topological polar surface area (TPSA) is 47.0 Å². The smallest absolute Gasteiger partial charge is 0.178 e. The van der Waals surface area contributed by atoms with E-state index in [9.17, 15) is 14.0 Å². The van der Waals surface area contributed by atoms with Crippen LogP contribution in [0.25, 0.3) is 0 Å². The zero-order valence-corrected chi connectivity index (χ0v) is 9.26. The lowest BCUT2D eigenvalue weighted by Gasteiger charge is -2.06. The molecule has 1 aromatic carbocycles. The standard InChI is InChI=1S/C14H8FNO2/c15-9-5-8(6-16-7-9)12-13(17)10-3-1-2-4-11(10)14(12)18/h1-7,12H. The van der Waals surface area contributed by atoms with Gasteiger partial charge in [0.1, 0.15) is 11.7 Å². The summed E-state index contributed by atoms with van der Waals surface area (Å²) >= 11 is 0. The summed E-state index contributed by atoms with van der Waals surface area (Å²) in [4.78, 5) is 28.0. The number of hydrogen-bond acceptors (Lipinski definition) is 3. The molecule has 0 N–H and O–H groups in total. The molecule has 1 heterocycles. The minimum atomic E-state index is -0.953. The van der Waals surface area contributed by atoms with Crippen molar-refractivity contribution in [2.75, 3.05) is 0 Å². The van der Waals surface area contributed by atoms with E-state index in [1.165, 1.54) is 12.3 Å². The summed E-state index contributed by atoms with van der Waals surface area (Å²) in [7, 11) is 0. The van der Waals surface area contributed by atoms with Crippen molar-refractivity contribution in [3.8, 4) is 0 Å². The molecule has 0 bridgehead atoms. The van der Waals surface area contributed by atoms with Gasteiger partial charge in [-0.3, -0.25) is 14.6 Å². The van der Waals surface area contributed by atoms with Crippen LogP contribution in [0.5, 0.6) is 0 Å². The summed E-state index contributed by atoms with van der Waals surface area (Å²) in [6.07, 6.45) is 2.40. The largest absolute Gasteiger partial charge is 0.293 e. The molecule has 0 spiro atoms. The molecule has 1 aromatic heterocycles. The number of benzene rings is 1. The first-order valence-corrected chi connectivity index (χ1v) is 5.46. The van der Waals surface area contributed by atoms with Gasteiger partial charge < -0.3 is 0 Å². The maximum atomic E-state index is 13.1. The summed E-state index contributed by atoms with van der Waals surface area (Å²) in [6.45, 7) is 0. The van der Waals surface area contributed by atoms with E-state index in [0.29, 0.717) is 16.7 Å². The highest BCUT2D eigenvalue weighted by molar-refractivity contribution is 6.29. The third-order valence-electron chi connectivity index (χ3n) is 3.04. The number of ketones is 2. The van der Waals surface area contributed by atoms with Crippen molar-refractivity contribution in [1.82, 2.24) is 4.98 Å². The number of carbonyl (C=O) groups excluding carboxylic acids is 2. The number of fused-ring (bicyclic) bond motifs is 1. The van der Waals surface area contributed by atoms with Gasteiger partial charge in [-0.05, 0) is 11.6 Å². The van der Waals surface area contributed by atoms with Crippen molar-refractivity contribution in [3.63, 3.8) is 0 Å². The number of halogens is 1. The number of nitrogens with zero attached hydrogens (tertiary/aromatic N) is 1. The molecular weight excluding hydrogens is 233 g/mol. The lowest BCUT2D eigenvalue weighted by Crippen LogP contribution is -2.13. The average molecular weight is 241 g/mol. The molecule has 0 unspecified atom stereocenters. The maximum absolute atomic E-state index is 13.1. The van der Waals surface area contributed by atoms with E-state index >= 15 is 0 Å². The van der Waals surface area contributed by atoms with Crippen LogP contribution < -0.4 is 0 Å². The molecule has 0 aliphatic heterocycles. The normalized spacial score (nSPS) is 14.9. The first kappa shape index (κ1) is 10.8. The van der Waals surface area contributed by atoms with Crippen LogP contribution in [0.1, 0.15) is 32.2 Å². The second-order valence-corrected chi connectivity index (χ2v) is 4.14. The second kappa shape index (κ2) is 3.84. The molecule has 3 nitrogen and oxygen atoms in total. The number of hydrogen-bond donors (Lipinski definition) is 0. The Morgan fingerprint density at radius 1 is 1.00 bits per heavy atom. The molecule has 0 amide bonds. The molecule has 3 rings (SSSR count). The molecule has 1 aliphatic rings. The van der Waals surface area contributed by atoms with Gasteiger partial charge in [0.25, 0.3) is 0 Å². The van der Waals surface area contributed by atoms with Crippen molar-refractivity contribution in [3.05, 3.63) is 65.2 Å². The van der Waals surface area contributed by atoms with E-state index in [1.54, 1.807) is 24.3 Å². The van der Waals surface area contributed by atoms with Crippen LogP contribution in [0.3, 0.4) is 0 Å². The van der Waals surface area contributed by atoms with E-state index in [1.807, 2.05) is 0 Å². The monoisotopic (exact) mass is 241 g/mol. The Kier molecular flexibility index (Phi) is 2.30. The fourth-order valence-corrected chi connectivity index (χ4v) is 2.23. The number of Topliss-reactive ketones (excluding diaryl/α,β-unsaturated/α-hetero) is 2. The Balaban J connectivity index is 2.12. The van der Waals surface area contributed by atoms with Crippen LogP contribution in [-0.4, -0.2) is 16.6 Å². The SMILES string of the molecule is O=C1c2ccccc2C(=O)C1c1cncc(F)c1. The van der Waals surface area contributed by atoms with Gasteiger partial charge >= 0.3 is 0 Å². The van der Waals surface area contributed by atoms with Crippen molar-refractivity contribution in [2.24, 2.45) is 0 Å². The van der Waals surface area contributed by atoms with Crippen LogP contribution in [0.2, 0.25) is 0 Å². The molecule has 0 saturated heterocycles. The van der Waals surface area contributed by atoms with Gasteiger partial charge in [0.2, 0.25) is 0 Å². The Hall–Kier alpha value is -2.36. The van der Waals surface area contributed by atoms with E-state index in [0.717, 1.165) is 6.20 Å². The minimum Gasteiger partial charge on any atom is -0.293 e. The fraction of sp³-hybridized carbons (Fsp3) is 0.0714. The Bertz CT molecular complexity index is 631. The van der Waals surface area contributed by atoms with Crippen LogP contribution in [0, 0.1) is 5.82 Å². The van der Waals surface area contributed by atoms with Crippen LogP contribution in [0.4, 0.5) is 4.39 Å². The summed E-state index contributed by atoms with van der Waals surface area (Å²) in [5.74, 6) is -2.08. The zero-order chi connectivity index (χ0) is 12.7. The van der Waals surface area contributed by atoms with Gasteiger partial charge in [0.05, 0.1) is 6.20 Å². The predicted molar refractivity (Wildman–Crippen MR) is 62.0 cm³/mol. The highest BCUT2D eigenvalue weighted by Gasteiger charge is 2.39. The Morgan fingerprint density at radius 2 is 1.61 bits per heavy atom. The molecule has 0 atom stereocenters. The summed E-state index contributed by atoms with van der Waals surface area (Å²) in [5, 5.41) is 0. The van der Waals surface area contributed by atoms with Gasteiger partial charge in [-0.1, -0.05) is 24.3 Å². The minimum absolute atomic E-state index is 0.289. The highest BCUT2D eigenvalue weighted by Crippen LogP contribution is 2.33. The lowest BCUT2D eigenvalue weighted by atomic mass is 9.96. The summed E-state index contributed by atoms with van der Waals surface area (Å²) < 4.78 is 13.1. The third-order valence-corrected chi connectivity index (χ3v) is 3.04. The lowest BCUT2D eigenvalue weighted by molar-refractivity contribution is 0.0890. The number of aromatic nitrogens is 1. The highest BCUT2D eigenvalue weighted by atomic mass is 19.1. The van der Waals surface area contributed by atoms with E-state index in [2.05, 4.69) is 4.98 Å².